The van der Waals surface area contributed by atoms with Crippen molar-refractivity contribution in [2.24, 2.45) is 57.7 Å². The van der Waals surface area contributed by atoms with Crippen molar-refractivity contribution in [3.8, 4) is 0 Å². The molecule has 0 amide bonds. The van der Waals surface area contributed by atoms with Gasteiger partial charge in [-0.2, -0.15) is 0 Å². The van der Waals surface area contributed by atoms with Crippen LogP contribution in [0.5, 0.6) is 0 Å². The van der Waals surface area contributed by atoms with Gasteiger partial charge in [-0.25, -0.2) is 4.79 Å². The van der Waals surface area contributed by atoms with Gasteiger partial charge in [0.1, 0.15) is 30.0 Å². The molecule has 0 aromatic heterocycles. The number of hydrogen-bond acceptors (Lipinski definition) is 10. The molecule has 3 unspecified atom stereocenters. The number of cyclic esters (lactones) is 1. The van der Waals surface area contributed by atoms with E-state index in [-0.39, 0.29) is 71.5 Å². The van der Waals surface area contributed by atoms with Gasteiger partial charge in [-0.1, -0.05) is 65.0 Å². The molecule has 2 aliphatic heterocycles. The standard InChI is InChI=1S/C54H74O10/c1-30(2)53(60)28-45-54(64-45)51(6)23-21-38-39(29-61-48(38)59)42(51)26-36-20-24-52(36,54)49(53)63-47(58)11-7-10-46(57)62-44(34-14-15-34)19-12-31(3)40-17-18-41-33(9-8-22-50(40,41)5)13-16-35-25-37(55)27-43(56)32(35)4/h12-13,16,19,30-31,34,36-37,40-45,49,55-56,60H,4,7-11,14-15,17-18,20-29H2,1-3,5-6H3/b19-12+,33-13+,35-16-/t31-,36-,37+,40?,41?,42-,43-,44?,45-,49-,50+,51-,52-,53+,54+/m0/s1. The average molecular weight is 883 g/mol. The molecule has 8 fully saturated rings. The molecule has 2 heterocycles. The molecule has 0 bridgehead atoms. The maximum atomic E-state index is 13.9. The summed E-state index contributed by atoms with van der Waals surface area (Å²) in [6.07, 6.45) is 20.3. The Morgan fingerprint density at radius 3 is 2.45 bits per heavy atom. The van der Waals surface area contributed by atoms with Crippen molar-refractivity contribution in [1.82, 2.24) is 0 Å². The molecule has 10 heteroatoms. The summed E-state index contributed by atoms with van der Waals surface area (Å²) in [5.74, 6) is 1.04. The van der Waals surface area contributed by atoms with E-state index in [4.69, 9.17) is 18.9 Å². The van der Waals surface area contributed by atoms with E-state index in [2.05, 4.69) is 51.7 Å². The molecule has 64 heavy (non-hydrogen) atoms. The van der Waals surface area contributed by atoms with Gasteiger partial charge in [0.2, 0.25) is 0 Å². The number of carbonyl (C=O) groups is 3. The van der Waals surface area contributed by atoms with Crippen LogP contribution in [0.25, 0.3) is 0 Å². The summed E-state index contributed by atoms with van der Waals surface area (Å²) in [6.45, 7) is 15.6. The minimum atomic E-state index is -1.24. The zero-order valence-corrected chi connectivity index (χ0v) is 39.1. The lowest BCUT2D eigenvalue weighted by Crippen LogP contribution is -2.77. The Hall–Kier alpha value is -3.05. The highest BCUT2D eigenvalue weighted by molar-refractivity contribution is 5.92. The van der Waals surface area contributed by atoms with Crippen LogP contribution in [0, 0.1) is 57.7 Å². The summed E-state index contributed by atoms with van der Waals surface area (Å²) in [4.78, 5) is 40.0. The van der Waals surface area contributed by atoms with Crippen LogP contribution in [-0.2, 0) is 33.3 Å². The van der Waals surface area contributed by atoms with E-state index in [0.29, 0.717) is 62.4 Å². The largest absolute Gasteiger partial charge is 0.459 e. The highest BCUT2D eigenvalue weighted by Gasteiger charge is 2.90. The van der Waals surface area contributed by atoms with Crippen LogP contribution in [0.2, 0.25) is 0 Å². The average Bonchev–Trinajstić information content (AvgIpc) is 4.15. The molecule has 8 aliphatic carbocycles. The Bertz CT molecular complexity index is 2080. The topological polar surface area (TPSA) is 152 Å². The van der Waals surface area contributed by atoms with E-state index in [1.807, 2.05) is 13.8 Å². The Morgan fingerprint density at radius 1 is 0.938 bits per heavy atom. The van der Waals surface area contributed by atoms with Gasteiger partial charge < -0.3 is 34.3 Å². The molecule has 0 aromatic rings. The van der Waals surface area contributed by atoms with Crippen molar-refractivity contribution in [2.75, 3.05) is 6.61 Å². The Morgan fingerprint density at radius 2 is 1.72 bits per heavy atom. The van der Waals surface area contributed by atoms with E-state index in [1.165, 1.54) is 12.0 Å². The Labute approximate surface area is 380 Å². The fraction of sp³-hybridized carbons (Fsp3) is 0.759. The van der Waals surface area contributed by atoms with Gasteiger partial charge in [-0.05, 0) is 160 Å². The van der Waals surface area contributed by atoms with Crippen molar-refractivity contribution in [2.45, 2.75) is 192 Å². The number of rotatable bonds is 12. The number of aliphatic hydroxyl groups excluding tert-OH is 2. The van der Waals surface area contributed by atoms with E-state index in [0.717, 1.165) is 86.5 Å². The van der Waals surface area contributed by atoms with Crippen LogP contribution in [0.3, 0.4) is 0 Å². The SMILES string of the molecule is C=C1/C(=C\C=C2/CCC[C@@]3(C)C2CCC3[C@@H](C)/C=C/C(OC(=O)CCCC(=O)O[C@H]2[C@]34CC[C@H]3C[C@H]3C5=C(CC[C@]3(C)[C@@]43O[C@H]3C[C@@]2(O)C(C)C)C(=O)OC5)C2CC2)C[C@@H](O)C[C@@H]1O. The zero-order chi connectivity index (χ0) is 45.1. The normalized spacial score (nSPS) is 45.5. The van der Waals surface area contributed by atoms with Crippen LogP contribution in [-0.4, -0.2) is 81.6 Å². The second kappa shape index (κ2) is 16.0. The number of ether oxygens (including phenoxy) is 4. The molecule has 350 valence electrons. The number of allylic oxidation sites excluding steroid dienone is 4. The summed E-state index contributed by atoms with van der Waals surface area (Å²) in [5.41, 5.74) is 2.82. The minimum absolute atomic E-state index is 0.0714. The van der Waals surface area contributed by atoms with Crippen LogP contribution < -0.4 is 0 Å². The molecule has 1 saturated heterocycles. The van der Waals surface area contributed by atoms with Crippen molar-refractivity contribution >= 4 is 17.9 Å². The van der Waals surface area contributed by atoms with E-state index in [1.54, 1.807) is 0 Å². The van der Waals surface area contributed by atoms with Gasteiger partial charge in [0, 0.05) is 42.1 Å². The van der Waals surface area contributed by atoms with Crippen molar-refractivity contribution < 1.29 is 48.7 Å². The summed E-state index contributed by atoms with van der Waals surface area (Å²) in [6, 6.07) is 0. The summed E-state index contributed by atoms with van der Waals surface area (Å²) in [5, 5.41) is 33.2. The predicted octanol–water partition coefficient (Wildman–Crippen LogP) is 8.72. The van der Waals surface area contributed by atoms with Crippen LogP contribution in [0.4, 0.5) is 0 Å². The van der Waals surface area contributed by atoms with Crippen molar-refractivity contribution in [3.05, 3.63) is 58.7 Å². The van der Waals surface area contributed by atoms with E-state index in [9.17, 15) is 29.7 Å². The van der Waals surface area contributed by atoms with Gasteiger partial charge in [0.15, 0.2) is 0 Å². The van der Waals surface area contributed by atoms with Gasteiger partial charge in [0.05, 0.1) is 18.3 Å². The van der Waals surface area contributed by atoms with Crippen molar-refractivity contribution in [3.63, 3.8) is 0 Å². The lowest BCUT2D eigenvalue weighted by molar-refractivity contribution is -0.286. The van der Waals surface area contributed by atoms with Crippen LogP contribution in [0.1, 0.15) is 150 Å². The maximum Gasteiger partial charge on any atom is 0.334 e. The second-order valence-electron chi connectivity index (χ2n) is 23.2. The molecule has 15 atom stereocenters. The third-order valence-electron chi connectivity index (χ3n) is 19.8. The van der Waals surface area contributed by atoms with Gasteiger partial charge in [-0.15, -0.1) is 0 Å². The molecule has 0 aromatic carbocycles. The third-order valence-corrected chi connectivity index (χ3v) is 19.8. The second-order valence-corrected chi connectivity index (χ2v) is 23.2. The molecular weight excluding hydrogens is 809 g/mol. The Kier molecular flexibility index (Phi) is 11.2. The van der Waals surface area contributed by atoms with Crippen molar-refractivity contribution in [1.29, 1.82) is 0 Å². The fourth-order valence-electron chi connectivity index (χ4n) is 16.1. The van der Waals surface area contributed by atoms with Gasteiger partial charge in [0.25, 0.3) is 0 Å². The molecular formula is C54H74O10. The number of fused-ring (bicyclic) bond motifs is 3. The maximum absolute atomic E-state index is 13.9. The zero-order valence-electron chi connectivity index (χ0n) is 39.1. The minimum Gasteiger partial charge on any atom is -0.459 e. The molecule has 2 spiro atoms. The number of hydrogen-bond donors (Lipinski definition) is 3. The fourth-order valence-corrected chi connectivity index (χ4v) is 16.1. The molecule has 10 rings (SSSR count). The summed E-state index contributed by atoms with van der Waals surface area (Å²) in [7, 11) is 0. The van der Waals surface area contributed by atoms with E-state index < -0.39 is 34.9 Å². The number of carbonyl (C=O) groups excluding carboxylic acids is 3. The third kappa shape index (κ3) is 6.77. The van der Waals surface area contributed by atoms with Crippen LogP contribution >= 0.6 is 0 Å². The molecule has 10 nitrogen and oxygen atoms in total. The van der Waals surface area contributed by atoms with Gasteiger partial charge in [-0.3, -0.25) is 9.59 Å². The molecule has 7 saturated carbocycles. The quantitative estimate of drug-likeness (QED) is 0.0752. The predicted molar refractivity (Wildman–Crippen MR) is 240 cm³/mol. The van der Waals surface area contributed by atoms with E-state index >= 15 is 0 Å². The Balaban J connectivity index is 0.762. The first kappa shape index (κ1) is 44.8. The highest BCUT2D eigenvalue weighted by Crippen LogP contribution is 2.83. The monoisotopic (exact) mass is 883 g/mol. The number of aliphatic hydroxyl groups is 3. The van der Waals surface area contributed by atoms with Gasteiger partial charge >= 0.3 is 17.9 Å². The smallest absolute Gasteiger partial charge is 0.334 e. The number of epoxide rings is 1. The highest BCUT2D eigenvalue weighted by atomic mass is 16.6. The first-order valence-electron chi connectivity index (χ1n) is 25.3. The first-order chi connectivity index (χ1) is 30.5. The number of esters is 3. The summed E-state index contributed by atoms with van der Waals surface area (Å²) < 4.78 is 25.2. The van der Waals surface area contributed by atoms with Crippen LogP contribution in [0.15, 0.2) is 58.7 Å². The summed E-state index contributed by atoms with van der Waals surface area (Å²) >= 11 is 0. The molecule has 3 N–H and O–H groups in total. The lowest BCUT2D eigenvalue weighted by atomic mass is 9.33. The lowest BCUT2D eigenvalue weighted by Gasteiger charge is -2.71. The molecule has 10 aliphatic rings. The first-order valence-corrected chi connectivity index (χ1v) is 25.3. The molecule has 0 radical (unpaired) electrons.